The Hall–Kier alpha value is -6.70. The molecule has 0 fully saturated rings. The van der Waals surface area contributed by atoms with Crippen LogP contribution in [0.4, 0.5) is 5.69 Å². The van der Waals surface area contributed by atoms with E-state index in [1.165, 1.54) is 49.7 Å². The van der Waals surface area contributed by atoms with Crippen LogP contribution in [0.25, 0.3) is 83.2 Å². The second-order valence-electron chi connectivity index (χ2n) is 13.5. The number of fused-ring (bicyclic) bond motifs is 4. The summed E-state index contributed by atoms with van der Waals surface area (Å²) in [6.07, 6.45) is 0. The van der Waals surface area contributed by atoms with Gasteiger partial charge in [0.25, 0.3) is 0 Å². The standard InChI is InChI=1S/C47H32N4/c1-47(2)41-20-12-19-39(43(41)40-26-25-34(48-3)29-42(40)47)38-28-27-35(36-17-10-11-18-37(36)38)30-21-23-33(24-22-30)46-50-44(31-13-6-4-7-14-31)49-45(51-46)32-15-8-5-9-16-32/h4-29H,1-2H3. The first-order valence-corrected chi connectivity index (χ1v) is 17.2. The first-order chi connectivity index (χ1) is 25.0. The van der Waals surface area contributed by atoms with Gasteiger partial charge in [-0.15, -0.1) is 0 Å². The van der Waals surface area contributed by atoms with Crippen molar-refractivity contribution in [2.24, 2.45) is 0 Å². The molecule has 0 aliphatic heterocycles. The Morgan fingerprint density at radius 3 is 1.55 bits per heavy atom. The van der Waals surface area contributed by atoms with Crippen molar-refractivity contribution in [1.82, 2.24) is 15.0 Å². The van der Waals surface area contributed by atoms with E-state index in [9.17, 15) is 0 Å². The Labute approximate surface area is 297 Å². The summed E-state index contributed by atoms with van der Waals surface area (Å²) in [4.78, 5) is 18.4. The minimum Gasteiger partial charge on any atom is -0.238 e. The Bertz CT molecular complexity index is 2600. The van der Waals surface area contributed by atoms with Gasteiger partial charge in [0, 0.05) is 22.1 Å². The first kappa shape index (κ1) is 30.4. The van der Waals surface area contributed by atoms with Crippen molar-refractivity contribution in [3.63, 3.8) is 0 Å². The zero-order valence-electron chi connectivity index (χ0n) is 28.3. The second kappa shape index (κ2) is 12.0. The number of nitrogens with zero attached hydrogens (tertiary/aromatic N) is 4. The minimum absolute atomic E-state index is 0.193. The maximum atomic E-state index is 7.61. The van der Waals surface area contributed by atoms with Gasteiger partial charge >= 0.3 is 0 Å². The Kier molecular flexibility index (Phi) is 7.15. The maximum absolute atomic E-state index is 7.61. The van der Waals surface area contributed by atoms with E-state index in [0.717, 1.165) is 22.3 Å². The lowest BCUT2D eigenvalue weighted by atomic mass is 9.81. The smallest absolute Gasteiger partial charge is 0.187 e. The lowest BCUT2D eigenvalue weighted by Gasteiger charge is -2.22. The van der Waals surface area contributed by atoms with E-state index in [4.69, 9.17) is 21.5 Å². The normalized spacial score (nSPS) is 12.6. The van der Waals surface area contributed by atoms with Gasteiger partial charge in [-0.2, -0.15) is 0 Å². The number of rotatable bonds is 5. The van der Waals surface area contributed by atoms with E-state index < -0.39 is 0 Å². The molecule has 9 rings (SSSR count). The summed E-state index contributed by atoms with van der Waals surface area (Å²) in [6.45, 7) is 12.1. The van der Waals surface area contributed by atoms with Crippen molar-refractivity contribution in [1.29, 1.82) is 0 Å². The highest BCUT2D eigenvalue weighted by molar-refractivity contribution is 6.08. The molecule has 0 N–H and O–H groups in total. The number of hydrogen-bond donors (Lipinski definition) is 0. The van der Waals surface area contributed by atoms with Crippen molar-refractivity contribution >= 4 is 16.5 Å². The molecule has 0 amide bonds. The fourth-order valence-electron chi connectivity index (χ4n) is 7.59. The molecule has 1 aromatic heterocycles. The van der Waals surface area contributed by atoms with E-state index in [1.54, 1.807) is 0 Å². The zero-order chi connectivity index (χ0) is 34.5. The maximum Gasteiger partial charge on any atom is 0.187 e. The van der Waals surface area contributed by atoms with Crippen molar-refractivity contribution in [2.45, 2.75) is 19.3 Å². The Morgan fingerprint density at radius 1 is 0.431 bits per heavy atom. The first-order valence-electron chi connectivity index (χ1n) is 17.2. The fraction of sp³-hybridized carbons (Fsp3) is 0.0638. The molecule has 0 spiro atoms. The van der Waals surface area contributed by atoms with E-state index in [2.05, 4.69) is 110 Å². The van der Waals surface area contributed by atoms with Crippen molar-refractivity contribution in [2.75, 3.05) is 0 Å². The van der Waals surface area contributed by atoms with Crippen molar-refractivity contribution in [3.8, 4) is 67.5 Å². The molecule has 0 atom stereocenters. The summed E-state index contributed by atoms with van der Waals surface area (Å²) < 4.78 is 0. The molecular formula is C47H32N4. The second-order valence-corrected chi connectivity index (χ2v) is 13.5. The highest BCUT2D eigenvalue weighted by Gasteiger charge is 2.37. The van der Waals surface area contributed by atoms with Gasteiger partial charge in [-0.1, -0.05) is 172 Å². The molecule has 8 aromatic rings. The molecule has 1 aliphatic carbocycles. The summed E-state index contributed by atoms with van der Waals surface area (Å²) in [5, 5.41) is 2.40. The van der Waals surface area contributed by atoms with E-state index in [1.807, 2.05) is 66.7 Å². The Balaban J connectivity index is 1.14. The van der Waals surface area contributed by atoms with Crippen LogP contribution in [0.15, 0.2) is 158 Å². The predicted molar refractivity (Wildman–Crippen MR) is 208 cm³/mol. The van der Waals surface area contributed by atoms with Crippen LogP contribution in [-0.4, -0.2) is 15.0 Å². The summed E-state index contributed by atoms with van der Waals surface area (Å²) in [5.41, 5.74) is 13.0. The Morgan fingerprint density at radius 2 is 0.941 bits per heavy atom. The van der Waals surface area contributed by atoms with Gasteiger partial charge in [-0.25, -0.2) is 19.8 Å². The highest BCUT2D eigenvalue weighted by Crippen LogP contribution is 2.53. The number of aromatic nitrogens is 3. The van der Waals surface area contributed by atoms with Crippen LogP contribution in [-0.2, 0) is 5.41 Å². The molecule has 0 unspecified atom stereocenters. The van der Waals surface area contributed by atoms with E-state index >= 15 is 0 Å². The van der Waals surface area contributed by atoms with E-state index in [-0.39, 0.29) is 5.41 Å². The number of benzene rings is 7. The van der Waals surface area contributed by atoms with Crippen LogP contribution in [0.3, 0.4) is 0 Å². The monoisotopic (exact) mass is 652 g/mol. The summed E-state index contributed by atoms with van der Waals surface area (Å²) >= 11 is 0. The molecule has 1 heterocycles. The molecule has 4 heteroatoms. The van der Waals surface area contributed by atoms with Crippen LogP contribution in [0, 0.1) is 6.57 Å². The van der Waals surface area contributed by atoms with Gasteiger partial charge in [-0.05, 0) is 55.3 Å². The molecule has 0 saturated carbocycles. The average Bonchev–Trinajstić information content (AvgIpc) is 3.43. The van der Waals surface area contributed by atoms with Gasteiger partial charge in [-0.3, -0.25) is 0 Å². The van der Waals surface area contributed by atoms with Gasteiger partial charge in [0.2, 0.25) is 0 Å². The van der Waals surface area contributed by atoms with Gasteiger partial charge < -0.3 is 0 Å². The molecule has 7 aromatic carbocycles. The molecular weight excluding hydrogens is 621 g/mol. The topological polar surface area (TPSA) is 43.0 Å². The fourth-order valence-corrected chi connectivity index (χ4v) is 7.59. The third kappa shape index (κ3) is 5.10. The lowest BCUT2D eigenvalue weighted by Crippen LogP contribution is -2.14. The zero-order valence-corrected chi connectivity index (χ0v) is 28.3. The molecule has 0 bridgehead atoms. The summed E-state index contributed by atoms with van der Waals surface area (Å²) in [5.74, 6) is 1.94. The largest absolute Gasteiger partial charge is 0.238 e. The molecule has 0 saturated heterocycles. The molecule has 51 heavy (non-hydrogen) atoms. The van der Waals surface area contributed by atoms with Crippen LogP contribution in [0.5, 0.6) is 0 Å². The van der Waals surface area contributed by atoms with Crippen LogP contribution in [0.1, 0.15) is 25.0 Å². The van der Waals surface area contributed by atoms with Gasteiger partial charge in [0.05, 0.1) is 6.57 Å². The summed E-state index contributed by atoms with van der Waals surface area (Å²) in [7, 11) is 0. The molecule has 240 valence electrons. The minimum atomic E-state index is -0.193. The average molecular weight is 653 g/mol. The SMILES string of the molecule is [C-]#[N+]c1ccc2c(c1)C(C)(C)c1cccc(-c3ccc(-c4ccc(-c5nc(-c6ccccc6)nc(-c6ccccc6)n5)cc4)c4ccccc34)c1-2. The molecule has 4 nitrogen and oxygen atoms in total. The predicted octanol–water partition coefficient (Wildman–Crippen LogP) is 12.2. The quantitative estimate of drug-likeness (QED) is 0.174. The third-order valence-electron chi connectivity index (χ3n) is 10.2. The van der Waals surface area contributed by atoms with E-state index in [0.29, 0.717) is 23.2 Å². The van der Waals surface area contributed by atoms with Crippen LogP contribution >= 0.6 is 0 Å². The lowest BCUT2D eigenvalue weighted by molar-refractivity contribution is 0.661. The number of hydrogen-bond acceptors (Lipinski definition) is 3. The van der Waals surface area contributed by atoms with Crippen LogP contribution < -0.4 is 0 Å². The third-order valence-corrected chi connectivity index (χ3v) is 10.2. The molecule has 0 radical (unpaired) electrons. The van der Waals surface area contributed by atoms with Crippen LogP contribution in [0.2, 0.25) is 0 Å². The van der Waals surface area contributed by atoms with Gasteiger partial charge in [0.1, 0.15) is 0 Å². The van der Waals surface area contributed by atoms with Crippen molar-refractivity contribution in [3.05, 3.63) is 180 Å². The van der Waals surface area contributed by atoms with Crippen molar-refractivity contribution < 1.29 is 0 Å². The highest BCUT2D eigenvalue weighted by atomic mass is 15.0. The summed E-state index contributed by atoms with van der Waals surface area (Å²) in [6, 6.07) is 54.7. The molecule has 1 aliphatic rings. The van der Waals surface area contributed by atoms with Gasteiger partial charge in [0.15, 0.2) is 23.2 Å².